The first-order chi connectivity index (χ1) is 9.67. The van der Waals surface area contributed by atoms with Crippen LogP contribution in [0.15, 0.2) is 18.2 Å². The van der Waals surface area contributed by atoms with E-state index in [0.29, 0.717) is 37.0 Å². The van der Waals surface area contributed by atoms with Gasteiger partial charge in [0.25, 0.3) is 0 Å². The average molecular weight is 300 g/mol. The van der Waals surface area contributed by atoms with Crippen molar-refractivity contribution in [1.82, 2.24) is 0 Å². The van der Waals surface area contributed by atoms with E-state index in [-0.39, 0.29) is 5.91 Å². The molecule has 0 bridgehead atoms. The fraction of sp³-hybridized carbons (Fsp3) is 0.533. The molecule has 0 heterocycles. The SMILES string of the molecule is COCCOc1cc(C)ccc1NC(=O)CCCCCl. The van der Waals surface area contributed by atoms with Crippen molar-refractivity contribution in [2.75, 3.05) is 31.5 Å². The number of amides is 1. The molecule has 0 saturated carbocycles. The van der Waals surface area contributed by atoms with Gasteiger partial charge in [0, 0.05) is 19.4 Å². The lowest BCUT2D eigenvalue weighted by molar-refractivity contribution is -0.116. The second-order valence-electron chi connectivity index (χ2n) is 4.54. The number of nitrogens with one attached hydrogen (secondary N) is 1. The standard InChI is InChI=1S/C15H22ClNO3/c1-12-6-7-13(14(11-12)20-10-9-19-2)17-15(18)5-3-4-8-16/h6-7,11H,3-5,8-10H2,1-2H3,(H,17,18). The Balaban J connectivity index is 2.60. The van der Waals surface area contributed by atoms with E-state index < -0.39 is 0 Å². The molecule has 0 radical (unpaired) electrons. The number of anilines is 1. The van der Waals surface area contributed by atoms with Gasteiger partial charge in [-0.25, -0.2) is 0 Å². The van der Waals surface area contributed by atoms with E-state index in [2.05, 4.69) is 5.32 Å². The highest BCUT2D eigenvalue weighted by atomic mass is 35.5. The lowest BCUT2D eigenvalue weighted by Crippen LogP contribution is -2.13. The third kappa shape index (κ3) is 6.26. The molecular formula is C15H22ClNO3. The van der Waals surface area contributed by atoms with Crippen LogP contribution >= 0.6 is 11.6 Å². The molecule has 0 unspecified atom stereocenters. The third-order valence-electron chi connectivity index (χ3n) is 2.74. The molecule has 5 heteroatoms. The molecule has 0 fully saturated rings. The highest BCUT2D eigenvalue weighted by Crippen LogP contribution is 2.26. The van der Waals surface area contributed by atoms with Gasteiger partial charge < -0.3 is 14.8 Å². The number of carbonyl (C=O) groups excluding carboxylic acids is 1. The van der Waals surface area contributed by atoms with E-state index in [4.69, 9.17) is 21.1 Å². The smallest absolute Gasteiger partial charge is 0.224 e. The number of hydrogen-bond acceptors (Lipinski definition) is 3. The van der Waals surface area contributed by atoms with E-state index in [1.807, 2.05) is 25.1 Å². The zero-order valence-electron chi connectivity index (χ0n) is 12.1. The molecule has 4 nitrogen and oxygen atoms in total. The summed E-state index contributed by atoms with van der Waals surface area (Å²) in [5.41, 5.74) is 1.78. The van der Waals surface area contributed by atoms with Gasteiger partial charge in [-0.05, 0) is 37.5 Å². The highest BCUT2D eigenvalue weighted by molar-refractivity contribution is 6.17. The fourth-order valence-corrected chi connectivity index (χ4v) is 1.87. The molecule has 0 aliphatic rings. The Morgan fingerprint density at radius 1 is 1.30 bits per heavy atom. The minimum absolute atomic E-state index is 0.0180. The van der Waals surface area contributed by atoms with E-state index in [1.54, 1.807) is 7.11 Å². The number of alkyl halides is 1. The zero-order valence-corrected chi connectivity index (χ0v) is 12.8. The number of rotatable bonds is 9. The molecule has 20 heavy (non-hydrogen) atoms. The molecule has 1 amide bonds. The van der Waals surface area contributed by atoms with Crippen molar-refractivity contribution >= 4 is 23.2 Å². The molecule has 1 aromatic rings. The summed E-state index contributed by atoms with van der Waals surface area (Å²) in [5, 5.41) is 2.88. The summed E-state index contributed by atoms with van der Waals surface area (Å²) in [6.45, 7) is 2.95. The first-order valence-electron chi connectivity index (χ1n) is 6.75. The van der Waals surface area contributed by atoms with Gasteiger partial charge in [0.05, 0.1) is 12.3 Å². The molecule has 0 aliphatic heterocycles. The van der Waals surface area contributed by atoms with Gasteiger partial charge in [0.2, 0.25) is 5.91 Å². The molecule has 1 N–H and O–H groups in total. The van der Waals surface area contributed by atoms with Crippen LogP contribution in [0.4, 0.5) is 5.69 Å². The van der Waals surface area contributed by atoms with Crippen LogP contribution in [0.2, 0.25) is 0 Å². The first kappa shape index (κ1) is 16.8. The molecule has 0 atom stereocenters. The normalized spacial score (nSPS) is 10.3. The Morgan fingerprint density at radius 3 is 2.80 bits per heavy atom. The minimum Gasteiger partial charge on any atom is -0.489 e. The van der Waals surface area contributed by atoms with Crippen LogP contribution < -0.4 is 10.1 Å². The van der Waals surface area contributed by atoms with Gasteiger partial charge in [-0.15, -0.1) is 11.6 Å². The van der Waals surface area contributed by atoms with Crippen LogP contribution in [0.25, 0.3) is 0 Å². The number of ether oxygens (including phenoxy) is 2. The molecule has 0 aliphatic carbocycles. The predicted octanol–water partition coefficient (Wildman–Crippen LogP) is 3.37. The summed E-state index contributed by atoms with van der Waals surface area (Å²) in [4.78, 5) is 11.8. The Hall–Kier alpha value is -1.26. The Bertz CT molecular complexity index is 424. The molecular weight excluding hydrogens is 278 g/mol. The van der Waals surface area contributed by atoms with E-state index in [1.165, 1.54) is 0 Å². The van der Waals surface area contributed by atoms with Gasteiger partial charge >= 0.3 is 0 Å². The summed E-state index contributed by atoms with van der Waals surface area (Å²) < 4.78 is 10.6. The molecule has 112 valence electrons. The average Bonchev–Trinajstić information content (AvgIpc) is 2.42. The van der Waals surface area contributed by atoms with Crippen LogP contribution in [0, 0.1) is 6.92 Å². The largest absolute Gasteiger partial charge is 0.489 e. The summed E-state index contributed by atoms with van der Waals surface area (Å²) in [6.07, 6.45) is 2.11. The Morgan fingerprint density at radius 2 is 2.10 bits per heavy atom. The number of unbranched alkanes of at least 4 members (excludes halogenated alkanes) is 1. The summed E-state index contributed by atoms with van der Waals surface area (Å²) >= 11 is 5.60. The van der Waals surface area contributed by atoms with Crippen molar-refractivity contribution in [2.45, 2.75) is 26.2 Å². The predicted molar refractivity (Wildman–Crippen MR) is 81.8 cm³/mol. The molecule has 1 aromatic carbocycles. The maximum atomic E-state index is 11.8. The Kier molecular flexibility index (Phi) is 8.07. The molecule has 0 saturated heterocycles. The molecule has 1 rings (SSSR count). The lowest BCUT2D eigenvalue weighted by atomic mass is 10.2. The van der Waals surface area contributed by atoms with Crippen LogP contribution in [-0.2, 0) is 9.53 Å². The summed E-state index contributed by atoms with van der Waals surface area (Å²) in [7, 11) is 1.62. The van der Waals surface area contributed by atoms with Crippen molar-refractivity contribution in [1.29, 1.82) is 0 Å². The zero-order chi connectivity index (χ0) is 14.8. The van der Waals surface area contributed by atoms with Crippen molar-refractivity contribution < 1.29 is 14.3 Å². The van der Waals surface area contributed by atoms with E-state index in [0.717, 1.165) is 18.4 Å². The number of methoxy groups -OCH3 is 1. The van der Waals surface area contributed by atoms with Gasteiger partial charge in [-0.2, -0.15) is 0 Å². The molecule has 0 aromatic heterocycles. The van der Waals surface area contributed by atoms with Crippen LogP contribution in [-0.4, -0.2) is 32.1 Å². The van der Waals surface area contributed by atoms with Crippen LogP contribution in [0.3, 0.4) is 0 Å². The number of benzene rings is 1. The Labute approximate surface area is 125 Å². The number of halogens is 1. The maximum Gasteiger partial charge on any atom is 0.224 e. The van der Waals surface area contributed by atoms with E-state index >= 15 is 0 Å². The first-order valence-corrected chi connectivity index (χ1v) is 7.29. The van der Waals surface area contributed by atoms with Gasteiger partial charge in [0.15, 0.2) is 0 Å². The lowest BCUT2D eigenvalue weighted by Gasteiger charge is -2.13. The number of aryl methyl sites for hydroxylation is 1. The quantitative estimate of drug-likeness (QED) is 0.562. The highest BCUT2D eigenvalue weighted by Gasteiger charge is 2.08. The number of carbonyl (C=O) groups is 1. The van der Waals surface area contributed by atoms with Gasteiger partial charge in [-0.1, -0.05) is 6.07 Å². The monoisotopic (exact) mass is 299 g/mol. The number of hydrogen-bond donors (Lipinski definition) is 1. The maximum absolute atomic E-state index is 11.8. The second-order valence-corrected chi connectivity index (χ2v) is 4.91. The second kappa shape index (κ2) is 9.61. The fourth-order valence-electron chi connectivity index (χ4n) is 1.68. The van der Waals surface area contributed by atoms with Gasteiger partial charge in [-0.3, -0.25) is 4.79 Å². The van der Waals surface area contributed by atoms with E-state index in [9.17, 15) is 4.79 Å². The van der Waals surface area contributed by atoms with Crippen molar-refractivity contribution in [3.05, 3.63) is 23.8 Å². The summed E-state index contributed by atoms with van der Waals surface area (Å²) in [6, 6.07) is 5.71. The third-order valence-corrected chi connectivity index (χ3v) is 3.01. The van der Waals surface area contributed by atoms with Crippen molar-refractivity contribution in [3.63, 3.8) is 0 Å². The van der Waals surface area contributed by atoms with Crippen molar-refractivity contribution in [2.24, 2.45) is 0 Å². The minimum atomic E-state index is -0.0180. The van der Waals surface area contributed by atoms with Gasteiger partial charge in [0.1, 0.15) is 12.4 Å². The molecule has 0 spiro atoms. The van der Waals surface area contributed by atoms with Crippen molar-refractivity contribution in [3.8, 4) is 5.75 Å². The van der Waals surface area contributed by atoms with Crippen LogP contribution in [0.5, 0.6) is 5.75 Å². The van der Waals surface area contributed by atoms with Crippen LogP contribution in [0.1, 0.15) is 24.8 Å². The summed E-state index contributed by atoms with van der Waals surface area (Å²) in [5.74, 6) is 1.24. The topological polar surface area (TPSA) is 47.6 Å².